The van der Waals surface area contributed by atoms with Crippen molar-refractivity contribution in [2.45, 2.75) is 6.92 Å². The van der Waals surface area contributed by atoms with Gasteiger partial charge in [-0.25, -0.2) is 0 Å². The first-order valence-electron chi connectivity index (χ1n) is 5.68. The molecule has 0 saturated carbocycles. The minimum Gasteiger partial charge on any atom is -0.360 e. The molecule has 2 rings (SSSR count). The third-order valence-electron chi connectivity index (χ3n) is 2.89. The maximum Gasteiger partial charge on any atom is 0.239 e. The molecule has 0 unspecified atom stereocenters. The molecule has 0 bridgehead atoms. The van der Waals surface area contributed by atoms with Gasteiger partial charge in [0.15, 0.2) is 5.78 Å². The lowest BCUT2D eigenvalue weighted by atomic mass is 10.0. The molecule has 92 valence electrons. The number of anilines is 1. The van der Waals surface area contributed by atoms with E-state index in [9.17, 15) is 9.59 Å². The van der Waals surface area contributed by atoms with Crippen LogP contribution in [-0.4, -0.2) is 31.3 Å². The maximum atomic E-state index is 11.6. The van der Waals surface area contributed by atoms with Crippen LogP contribution in [0.25, 0.3) is 0 Å². The number of hydrogen-bond donors (Lipinski definition) is 1. The van der Waals surface area contributed by atoms with E-state index >= 15 is 0 Å². The van der Waals surface area contributed by atoms with Crippen LogP contribution in [0.1, 0.15) is 22.8 Å². The average Bonchev–Trinajstić information content (AvgIpc) is 2.38. The molecule has 18 heavy (non-hydrogen) atoms. The second-order valence-corrected chi connectivity index (χ2v) is 4.17. The summed E-state index contributed by atoms with van der Waals surface area (Å²) in [6.07, 6.45) is 0. The zero-order valence-electron chi connectivity index (χ0n) is 10.1. The zero-order valence-corrected chi connectivity index (χ0v) is 10.1. The highest BCUT2D eigenvalue weighted by Gasteiger charge is 2.20. The van der Waals surface area contributed by atoms with Crippen molar-refractivity contribution in [1.29, 1.82) is 5.26 Å². The van der Waals surface area contributed by atoms with Crippen molar-refractivity contribution < 1.29 is 9.59 Å². The van der Waals surface area contributed by atoms with Crippen LogP contribution in [0.4, 0.5) is 5.69 Å². The van der Waals surface area contributed by atoms with Crippen molar-refractivity contribution in [3.63, 3.8) is 0 Å². The normalized spacial score (nSPS) is 14.9. The monoisotopic (exact) mass is 243 g/mol. The van der Waals surface area contributed by atoms with E-state index in [2.05, 4.69) is 5.32 Å². The van der Waals surface area contributed by atoms with Crippen LogP contribution in [0, 0.1) is 11.3 Å². The topological polar surface area (TPSA) is 73.2 Å². The average molecular weight is 243 g/mol. The van der Waals surface area contributed by atoms with Crippen LogP contribution in [0.2, 0.25) is 0 Å². The van der Waals surface area contributed by atoms with E-state index in [1.807, 2.05) is 11.0 Å². The standard InChI is InChI=1S/C13H13N3O2/c1-9(17)11-3-2-10(7-14)6-12(11)16-5-4-15-13(18)8-16/h2-3,6H,4-5,8H2,1H3,(H,15,18). The summed E-state index contributed by atoms with van der Waals surface area (Å²) in [6, 6.07) is 6.96. The summed E-state index contributed by atoms with van der Waals surface area (Å²) in [7, 11) is 0. The van der Waals surface area contributed by atoms with Gasteiger partial charge in [0.25, 0.3) is 0 Å². The first-order chi connectivity index (χ1) is 8.61. The molecule has 1 aliphatic rings. The highest BCUT2D eigenvalue weighted by molar-refractivity contribution is 6.00. The van der Waals surface area contributed by atoms with Crippen molar-refractivity contribution in [2.24, 2.45) is 0 Å². The number of ketones is 1. The minimum absolute atomic E-state index is 0.0690. The highest BCUT2D eigenvalue weighted by Crippen LogP contribution is 2.23. The largest absolute Gasteiger partial charge is 0.360 e. The van der Waals surface area contributed by atoms with Gasteiger partial charge in [-0.05, 0) is 25.1 Å². The lowest BCUT2D eigenvalue weighted by Gasteiger charge is -2.30. The van der Waals surface area contributed by atoms with E-state index in [1.54, 1.807) is 18.2 Å². The number of nitrogens with zero attached hydrogens (tertiary/aromatic N) is 2. The van der Waals surface area contributed by atoms with Crippen LogP contribution in [0.3, 0.4) is 0 Å². The van der Waals surface area contributed by atoms with Gasteiger partial charge in [-0.2, -0.15) is 5.26 Å². The fourth-order valence-electron chi connectivity index (χ4n) is 2.00. The van der Waals surface area contributed by atoms with E-state index < -0.39 is 0 Å². The van der Waals surface area contributed by atoms with Gasteiger partial charge >= 0.3 is 0 Å². The predicted molar refractivity (Wildman–Crippen MR) is 66.4 cm³/mol. The first kappa shape index (κ1) is 12.1. The molecular formula is C13H13N3O2. The van der Waals surface area contributed by atoms with Crippen LogP contribution in [0.5, 0.6) is 0 Å². The van der Waals surface area contributed by atoms with Crippen LogP contribution in [0.15, 0.2) is 18.2 Å². The summed E-state index contributed by atoms with van der Waals surface area (Å²) in [5.41, 5.74) is 1.70. The Bertz CT molecular complexity index is 546. The zero-order chi connectivity index (χ0) is 13.1. The van der Waals surface area contributed by atoms with Gasteiger partial charge in [0.05, 0.1) is 18.2 Å². The van der Waals surface area contributed by atoms with Gasteiger partial charge in [0.1, 0.15) is 0 Å². The summed E-state index contributed by atoms with van der Waals surface area (Å²) < 4.78 is 0. The number of piperazine rings is 1. The number of Topliss-reactive ketones (excluding diaryl/α,β-unsaturated/α-hetero) is 1. The molecular weight excluding hydrogens is 230 g/mol. The quantitative estimate of drug-likeness (QED) is 0.776. The molecule has 1 aliphatic heterocycles. The van der Waals surface area contributed by atoms with Gasteiger partial charge in [0, 0.05) is 24.3 Å². The Hall–Kier alpha value is -2.35. The lowest BCUT2D eigenvalue weighted by molar-refractivity contribution is -0.120. The molecule has 0 aromatic heterocycles. The van der Waals surface area contributed by atoms with E-state index in [0.717, 1.165) is 0 Å². The number of nitrogens with one attached hydrogen (secondary N) is 1. The Morgan fingerprint density at radius 3 is 2.89 bits per heavy atom. The number of nitriles is 1. The molecule has 1 amide bonds. The highest BCUT2D eigenvalue weighted by atomic mass is 16.2. The minimum atomic E-state index is -0.0712. The Morgan fingerprint density at radius 1 is 1.50 bits per heavy atom. The molecule has 5 nitrogen and oxygen atoms in total. The van der Waals surface area contributed by atoms with E-state index in [-0.39, 0.29) is 18.2 Å². The third kappa shape index (κ3) is 2.33. The molecule has 0 aliphatic carbocycles. The molecule has 0 radical (unpaired) electrons. The fraction of sp³-hybridized carbons (Fsp3) is 0.308. The summed E-state index contributed by atoms with van der Waals surface area (Å²) in [5, 5.41) is 11.6. The van der Waals surface area contributed by atoms with E-state index in [4.69, 9.17) is 5.26 Å². The molecule has 1 fully saturated rings. The Morgan fingerprint density at radius 2 is 2.28 bits per heavy atom. The van der Waals surface area contributed by atoms with Crippen LogP contribution in [-0.2, 0) is 4.79 Å². The van der Waals surface area contributed by atoms with Gasteiger partial charge in [0.2, 0.25) is 5.91 Å². The van der Waals surface area contributed by atoms with Crippen molar-refractivity contribution in [2.75, 3.05) is 24.5 Å². The van der Waals surface area contributed by atoms with Crippen molar-refractivity contribution in [3.8, 4) is 6.07 Å². The first-order valence-corrected chi connectivity index (χ1v) is 5.68. The van der Waals surface area contributed by atoms with Gasteiger partial charge < -0.3 is 10.2 Å². The molecule has 1 aromatic carbocycles. The number of benzene rings is 1. The molecule has 1 heterocycles. The summed E-state index contributed by atoms with van der Waals surface area (Å²) in [6.45, 7) is 2.89. The molecule has 0 atom stereocenters. The number of rotatable bonds is 2. The lowest BCUT2D eigenvalue weighted by Crippen LogP contribution is -2.48. The van der Waals surface area contributed by atoms with Crippen LogP contribution >= 0.6 is 0 Å². The second-order valence-electron chi connectivity index (χ2n) is 4.17. The van der Waals surface area contributed by atoms with Gasteiger partial charge in [-0.1, -0.05) is 0 Å². The van der Waals surface area contributed by atoms with Crippen molar-refractivity contribution in [3.05, 3.63) is 29.3 Å². The number of amides is 1. The van der Waals surface area contributed by atoms with E-state index in [1.165, 1.54) is 6.92 Å². The Labute approximate surface area is 105 Å². The van der Waals surface area contributed by atoms with Crippen LogP contribution < -0.4 is 10.2 Å². The third-order valence-corrected chi connectivity index (χ3v) is 2.89. The second kappa shape index (κ2) is 4.88. The summed E-state index contributed by atoms with van der Waals surface area (Å²) >= 11 is 0. The van der Waals surface area contributed by atoms with Gasteiger partial charge in [-0.3, -0.25) is 9.59 Å². The molecule has 0 spiro atoms. The van der Waals surface area contributed by atoms with Gasteiger partial charge in [-0.15, -0.1) is 0 Å². The molecule has 1 saturated heterocycles. The SMILES string of the molecule is CC(=O)c1ccc(C#N)cc1N1CCNC(=O)C1. The summed E-state index contributed by atoms with van der Waals surface area (Å²) in [5.74, 6) is -0.140. The fourth-order valence-corrected chi connectivity index (χ4v) is 2.00. The van der Waals surface area contributed by atoms with E-state index in [0.29, 0.717) is 29.9 Å². The summed E-state index contributed by atoms with van der Waals surface area (Å²) in [4.78, 5) is 24.8. The molecule has 5 heteroatoms. The molecule has 1 N–H and O–H groups in total. The number of hydrogen-bond acceptors (Lipinski definition) is 4. The maximum absolute atomic E-state index is 11.6. The van der Waals surface area contributed by atoms with Crippen molar-refractivity contribution in [1.82, 2.24) is 5.32 Å². The Kier molecular flexibility index (Phi) is 3.28. The van der Waals surface area contributed by atoms with Crippen molar-refractivity contribution >= 4 is 17.4 Å². The number of carbonyl (C=O) groups is 2. The smallest absolute Gasteiger partial charge is 0.239 e. The molecule has 1 aromatic rings. The Balaban J connectivity index is 2.43. The predicted octanol–water partition coefficient (Wildman–Crippen LogP) is 0.697. The number of carbonyl (C=O) groups excluding carboxylic acids is 2.